The molecule has 2 rings (SSSR count). The van der Waals surface area contributed by atoms with Crippen molar-refractivity contribution >= 4 is 11.8 Å². The SMILES string of the molecule is COc1cc(C(=O)NCCC(=O)N2CCCC2)ccc1OCC(C)C. The number of methoxy groups -OCH3 is 1. The molecule has 1 saturated heterocycles. The molecule has 1 aliphatic rings. The Morgan fingerprint density at radius 1 is 1.20 bits per heavy atom. The maximum Gasteiger partial charge on any atom is 0.251 e. The Morgan fingerprint density at radius 3 is 2.56 bits per heavy atom. The molecule has 6 heteroatoms. The van der Waals surface area contributed by atoms with E-state index in [1.807, 2.05) is 4.90 Å². The molecule has 1 fully saturated rings. The van der Waals surface area contributed by atoms with Gasteiger partial charge in [0.15, 0.2) is 11.5 Å². The zero-order chi connectivity index (χ0) is 18.2. The molecule has 1 N–H and O–H groups in total. The Hall–Kier alpha value is -2.24. The molecule has 0 spiro atoms. The highest BCUT2D eigenvalue weighted by Gasteiger charge is 2.18. The number of benzene rings is 1. The second kappa shape index (κ2) is 9.30. The van der Waals surface area contributed by atoms with E-state index in [4.69, 9.17) is 9.47 Å². The lowest BCUT2D eigenvalue weighted by molar-refractivity contribution is -0.129. The molecule has 1 aliphatic heterocycles. The molecule has 1 aromatic carbocycles. The fourth-order valence-corrected chi connectivity index (χ4v) is 2.69. The minimum Gasteiger partial charge on any atom is -0.493 e. The standard InChI is InChI=1S/C19H28N2O4/c1-14(2)13-25-16-7-6-15(12-17(16)24-3)19(23)20-9-8-18(22)21-10-4-5-11-21/h6-7,12,14H,4-5,8-11,13H2,1-3H3,(H,20,23). The van der Waals surface area contributed by atoms with Crippen LogP contribution in [0.2, 0.25) is 0 Å². The van der Waals surface area contributed by atoms with Crippen LogP contribution >= 0.6 is 0 Å². The Labute approximate surface area is 149 Å². The van der Waals surface area contributed by atoms with Crippen LogP contribution < -0.4 is 14.8 Å². The second-order valence-electron chi connectivity index (χ2n) is 6.66. The van der Waals surface area contributed by atoms with Gasteiger partial charge in [-0.05, 0) is 37.0 Å². The Morgan fingerprint density at radius 2 is 1.92 bits per heavy atom. The first-order valence-corrected chi connectivity index (χ1v) is 8.88. The van der Waals surface area contributed by atoms with Crippen molar-refractivity contribution in [3.8, 4) is 11.5 Å². The molecule has 25 heavy (non-hydrogen) atoms. The highest BCUT2D eigenvalue weighted by Crippen LogP contribution is 2.28. The highest BCUT2D eigenvalue weighted by molar-refractivity contribution is 5.95. The number of carbonyl (C=O) groups is 2. The van der Waals surface area contributed by atoms with E-state index in [0.717, 1.165) is 25.9 Å². The summed E-state index contributed by atoms with van der Waals surface area (Å²) < 4.78 is 11.0. The fraction of sp³-hybridized carbons (Fsp3) is 0.579. The van der Waals surface area contributed by atoms with Crippen LogP contribution in [-0.2, 0) is 4.79 Å². The van der Waals surface area contributed by atoms with Crippen molar-refractivity contribution in [3.63, 3.8) is 0 Å². The van der Waals surface area contributed by atoms with Gasteiger partial charge in [-0.2, -0.15) is 0 Å². The Balaban J connectivity index is 1.86. The van der Waals surface area contributed by atoms with Crippen LogP contribution in [-0.4, -0.2) is 50.1 Å². The normalized spacial score (nSPS) is 13.8. The lowest BCUT2D eigenvalue weighted by Gasteiger charge is -2.15. The second-order valence-corrected chi connectivity index (χ2v) is 6.66. The summed E-state index contributed by atoms with van der Waals surface area (Å²) in [5, 5.41) is 2.79. The van der Waals surface area contributed by atoms with E-state index in [0.29, 0.717) is 42.6 Å². The molecule has 1 aromatic rings. The number of nitrogens with zero attached hydrogens (tertiary/aromatic N) is 1. The molecule has 0 bridgehead atoms. The molecule has 0 unspecified atom stereocenters. The molecule has 0 saturated carbocycles. The molecule has 2 amide bonds. The number of hydrogen-bond donors (Lipinski definition) is 1. The maximum absolute atomic E-state index is 12.3. The highest BCUT2D eigenvalue weighted by atomic mass is 16.5. The molecule has 6 nitrogen and oxygen atoms in total. The van der Waals surface area contributed by atoms with E-state index in [-0.39, 0.29) is 11.8 Å². The van der Waals surface area contributed by atoms with E-state index in [1.165, 1.54) is 0 Å². The number of hydrogen-bond acceptors (Lipinski definition) is 4. The molecule has 1 heterocycles. The van der Waals surface area contributed by atoms with Gasteiger partial charge in [0, 0.05) is 31.6 Å². The molecular formula is C19H28N2O4. The predicted molar refractivity (Wildman–Crippen MR) is 96.1 cm³/mol. The van der Waals surface area contributed by atoms with Crippen LogP contribution in [0.25, 0.3) is 0 Å². The van der Waals surface area contributed by atoms with Crippen molar-refractivity contribution in [3.05, 3.63) is 23.8 Å². The van der Waals surface area contributed by atoms with E-state index in [9.17, 15) is 9.59 Å². The van der Waals surface area contributed by atoms with Crippen LogP contribution in [0.5, 0.6) is 11.5 Å². The largest absolute Gasteiger partial charge is 0.493 e. The quantitative estimate of drug-likeness (QED) is 0.784. The van der Waals surface area contributed by atoms with Crippen molar-refractivity contribution in [1.29, 1.82) is 0 Å². The topological polar surface area (TPSA) is 67.9 Å². The van der Waals surface area contributed by atoms with Crippen LogP contribution in [0.15, 0.2) is 18.2 Å². The van der Waals surface area contributed by atoms with Gasteiger partial charge in [0.05, 0.1) is 13.7 Å². The van der Waals surface area contributed by atoms with Gasteiger partial charge in [0.1, 0.15) is 0 Å². The van der Waals surface area contributed by atoms with Crippen molar-refractivity contribution < 1.29 is 19.1 Å². The number of rotatable bonds is 8. The number of ether oxygens (including phenoxy) is 2. The average molecular weight is 348 g/mol. The van der Waals surface area contributed by atoms with Gasteiger partial charge in [0.2, 0.25) is 5.91 Å². The Kier molecular flexibility index (Phi) is 7.10. The van der Waals surface area contributed by atoms with Crippen molar-refractivity contribution in [2.24, 2.45) is 5.92 Å². The van der Waals surface area contributed by atoms with Gasteiger partial charge < -0.3 is 19.7 Å². The zero-order valence-electron chi connectivity index (χ0n) is 15.3. The van der Waals surface area contributed by atoms with E-state index in [2.05, 4.69) is 19.2 Å². The molecule has 0 aromatic heterocycles. The van der Waals surface area contributed by atoms with Crippen molar-refractivity contribution in [2.75, 3.05) is 33.4 Å². The summed E-state index contributed by atoms with van der Waals surface area (Å²) in [6.07, 6.45) is 2.48. The molecule has 138 valence electrons. The van der Waals surface area contributed by atoms with Crippen LogP contribution in [0, 0.1) is 5.92 Å². The predicted octanol–water partition coefficient (Wildman–Crippen LogP) is 2.47. The molecule has 0 aliphatic carbocycles. The van der Waals surface area contributed by atoms with Crippen molar-refractivity contribution in [2.45, 2.75) is 33.1 Å². The average Bonchev–Trinajstić information content (AvgIpc) is 3.14. The third-order valence-corrected chi connectivity index (χ3v) is 4.08. The van der Waals surface area contributed by atoms with Crippen molar-refractivity contribution in [1.82, 2.24) is 10.2 Å². The van der Waals surface area contributed by atoms with Gasteiger partial charge in [-0.1, -0.05) is 13.8 Å². The summed E-state index contributed by atoms with van der Waals surface area (Å²) in [7, 11) is 1.55. The van der Waals surface area contributed by atoms with Crippen LogP contribution in [0.3, 0.4) is 0 Å². The molecule has 0 atom stereocenters. The first-order valence-electron chi connectivity index (χ1n) is 8.88. The first kappa shape index (κ1) is 19.1. The lowest BCUT2D eigenvalue weighted by Crippen LogP contribution is -2.32. The summed E-state index contributed by atoms with van der Waals surface area (Å²) >= 11 is 0. The van der Waals surface area contributed by atoms with Gasteiger partial charge in [0.25, 0.3) is 5.91 Å². The van der Waals surface area contributed by atoms with E-state index < -0.39 is 0 Å². The summed E-state index contributed by atoms with van der Waals surface area (Å²) in [4.78, 5) is 26.1. The van der Waals surface area contributed by atoms with E-state index in [1.54, 1.807) is 25.3 Å². The summed E-state index contributed by atoms with van der Waals surface area (Å²) in [6, 6.07) is 5.11. The number of amides is 2. The maximum atomic E-state index is 12.3. The number of likely N-dealkylation sites (tertiary alicyclic amines) is 1. The van der Waals surface area contributed by atoms with Gasteiger partial charge in [-0.15, -0.1) is 0 Å². The molecular weight excluding hydrogens is 320 g/mol. The Bertz CT molecular complexity index is 595. The summed E-state index contributed by atoms with van der Waals surface area (Å²) in [5.74, 6) is 1.44. The summed E-state index contributed by atoms with van der Waals surface area (Å²) in [6.45, 7) is 6.72. The number of carbonyl (C=O) groups excluding carboxylic acids is 2. The minimum absolute atomic E-state index is 0.104. The van der Waals surface area contributed by atoms with Crippen LogP contribution in [0.1, 0.15) is 43.5 Å². The van der Waals surface area contributed by atoms with Gasteiger partial charge >= 0.3 is 0 Å². The van der Waals surface area contributed by atoms with Gasteiger partial charge in [-0.3, -0.25) is 9.59 Å². The van der Waals surface area contributed by atoms with Crippen LogP contribution in [0.4, 0.5) is 0 Å². The van der Waals surface area contributed by atoms with E-state index >= 15 is 0 Å². The molecule has 0 radical (unpaired) electrons. The number of nitrogens with one attached hydrogen (secondary N) is 1. The fourth-order valence-electron chi connectivity index (χ4n) is 2.69. The lowest BCUT2D eigenvalue weighted by atomic mass is 10.2. The zero-order valence-corrected chi connectivity index (χ0v) is 15.3. The minimum atomic E-state index is -0.220. The smallest absolute Gasteiger partial charge is 0.251 e. The third kappa shape index (κ3) is 5.66. The summed E-state index contributed by atoms with van der Waals surface area (Å²) in [5.41, 5.74) is 0.488. The monoisotopic (exact) mass is 348 g/mol. The first-order chi connectivity index (χ1) is 12.0. The van der Waals surface area contributed by atoms with Gasteiger partial charge in [-0.25, -0.2) is 0 Å². The third-order valence-electron chi connectivity index (χ3n) is 4.08.